The van der Waals surface area contributed by atoms with Crippen molar-refractivity contribution in [1.29, 1.82) is 5.26 Å². The standard InChI is InChI=1S/C22H21FN6O2S/c1-2-9-32(30,31)28-12-22(13-28,6-7-24)29-11-18(16-4-3-15(23)10-19(16)29)20-17-5-8-25-21(17)27-14-26-20/h3-5,8,10-11,14H,2,6,9,12-13H2,1H3,(H,25,26,27). The van der Waals surface area contributed by atoms with E-state index in [-0.39, 0.29) is 25.3 Å². The normalized spacial score (nSPS) is 16.3. The molecule has 0 bridgehead atoms. The molecule has 32 heavy (non-hydrogen) atoms. The van der Waals surface area contributed by atoms with Crippen molar-refractivity contribution in [2.24, 2.45) is 0 Å². The Kier molecular flexibility index (Phi) is 4.76. The monoisotopic (exact) mass is 452 g/mol. The van der Waals surface area contributed by atoms with Gasteiger partial charge in [-0.05, 0) is 30.7 Å². The van der Waals surface area contributed by atoms with Gasteiger partial charge in [-0.1, -0.05) is 6.92 Å². The molecule has 0 spiro atoms. The third-order valence-corrected chi connectivity index (χ3v) is 8.06. The molecule has 1 aliphatic heterocycles. The molecular formula is C22H21FN6O2S. The van der Waals surface area contributed by atoms with Crippen LogP contribution >= 0.6 is 0 Å². The molecule has 1 saturated heterocycles. The zero-order chi connectivity index (χ0) is 22.5. The summed E-state index contributed by atoms with van der Waals surface area (Å²) in [5.74, 6) is -0.339. The summed E-state index contributed by atoms with van der Waals surface area (Å²) in [6, 6.07) is 8.59. The summed E-state index contributed by atoms with van der Waals surface area (Å²) in [7, 11) is -3.39. The molecule has 0 saturated carbocycles. The van der Waals surface area contributed by atoms with Crippen LogP contribution in [0.2, 0.25) is 0 Å². The Morgan fingerprint density at radius 3 is 2.81 bits per heavy atom. The van der Waals surface area contributed by atoms with Gasteiger partial charge in [-0.2, -0.15) is 9.57 Å². The first-order valence-electron chi connectivity index (χ1n) is 10.3. The molecule has 4 heterocycles. The number of sulfonamides is 1. The lowest BCUT2D eigenvalue weighted by Gasteiger charge is -2.49. The minimum Gasteiger partial charge on any atom is -0.346 e. The smallest absolute Gasteiger partial charge is 0.214 e. The van der Waals surface area contributed by atoms with Crippen LogP contribution in [0.3, 0.4) is 0 Å². The van der Waals surface area contributed by atoms with Gasteiger partial charge >= 0.3 is 0 Å². The fraction of sp³-hybridized carbons (Fsp3) is 0.318. The molecule has 0 unspecified atom stereocenters. The summed E-state index contributed by atoms with van der Waals surface area (Å²) in [6.45, 7) is 2.16. The van der Waals surface area contributed by atoms with E-state index in [4.69, 9.17) is 0 Å². The molecule has 10 heteroatoms. The second-order valence-corrected chi connectivity index (χ2v) is 10.3. The number of halogens is 1. The minimum absolute atomic E-state index is 0.0638. The number of benzene rings is 1. The Bertz CT molecular complexity index is 1480. The first-order chi connectivity index (χ1) is 15.4. The Morgan fingerprint density at radius 2 is 2.06 bits per heavy atom. The molecule has 4 aromatic rings. The summed E-state index contributed by atoms with van der Waals surface area (Å²) >= 11 is 0. The summed E-state index contributed by atoms with van der Waals surface area (Å²) in [5.41, 5.74) is 1.98. The number of nitrogens with one attached hydrogen (secondary N) is 1. The number of fused-ring (bicyclic) bond motifs is 2. The fourth-order valence-electron chi connectivity index (χ4n) is 4.56. The van der Waals surface area contributed by atoms with Gasteiger partial charge in [0.15, 0.2) is 0 Å². The first-order valence-corrected chi connectivity index (χ1v) is 11.9. The number of aromatic nitrogens is 4. The Morgan fingerprint density at radius 1 is 1.25 bits per heavy atom. The largest absolute Gasteiger partial charge is 0.346 e. The average Bonchev–Trinajstić information content (AvgIpc) is 3.35. The van der Waals surface area contributed by atoms with Crippen molar-refractivity contribution in [2.75, 3.05) is 18.8 Å². The Labute approximate surface area is 184 Å². The number of nitriles is 1. The first kappa shape index (κ1) is 20.6. The van der Waals surface area contributed by atoms with Gasteiger partial charge < -0.3 is 9.55 Å². The lowest BCUT2D eigenvalue weighted by Crippen LogP contribution is -2.64. The highest BCUT2D eigenvalue weighted by Crippen LogP contribution is 2.41. The second kappa shape index (κ2) is 7.39. The van der Waals surface area contributed by atoms with Crippen LogP contribution in [-0.4, -0.2) is 51.1 Å². The zero-order valence-corrected chi connectivity index (χ0v) is 18.2. The maximum absolute atomic E-state index is 14.3. The number of hydrogen-bond donors (Lipinski definition) is 1. The highest BCUT2D eigenvalue weighted by molar-refractivity contribution is 7.89. The van der Waals surface area contributed by atoms with E-state index < -0.39 is 21.4 Å². The zero-order valence-electron chi connectivity index (χ0n) is 17.4. The van der Waals surface area contributed by atoms with E-state index in [1.165, 1.54) is 22.8 Å². The molecule has 5 rings (SSSR count). The molecule has 1 aliphatic rings. The maximum atomic E-state index is 14.3. The molecular weight excluding hydrogens is 431 g/mol. The predicted molar refractivity (Wildman–Crippen MR) is 119 cm³/mol. The van der Waals surface area contributed by atoms with Crippen LogP contribution in [-0.2, 0) is 15.6 Å². The second-order valence-electron chi connectivity index (χ2n) is 8.18. The molecule has 164 valence electrons. The number of aromatic amines is 1. The van der Waals surface area contributed by atoms with Crippen LogP contribution in [0.1, 0.15) is 19.8 Å². The van der Waals surface area contributed by atoms with Gasteiger partial charge in [0.25, 0.3) is 0 Å². The van der Waals surface area contributed by atoms with Crippen molar-refractivity contribution in [3.8, 4) is 17.3 Å². The van der Waals surface area contributed by atoms with Crippen molar-refractivity contribution in [3.05, 3.63) is 48.8 Å². The van der Waals surface area contributed by atoms with Gasteiger partial charge in [-0.3, -0.25) is 0 Å². The van der Waals surface area contributed by atoms with E-state index in [1.54, 1.807) is 12.3 Å². The van der Waals surface area contributed by atoms with Crippen LogP contribution in [0.15, 0.2) is 43.0 Å². The fourth-order valence-corrected chi connectivity index (χ4v) is 6.21. The van der Waals surface area contributed by atoms with E-state index in [2.05, 4.69) is 21.0 Å². The van der Waals surface area contributed by atoms with Crippen LogP contribution in [0.4, 0.5) is 4.39 Å². The molecule has 8 nitrogen and oxygen atoms in total. The Hall–Kier alpha value is -3.29. The molecule has 0 amide bonds. The lowest BCUT2D eigenvalue weighted by atomic mass is 9.88. The van der Waals surface area contributed by atoms with Gasteiger partial charge in [-0.25, -0.2) is 22.8 Å². The molecule has 0 radical (unpaired) electrons. The van der Waals surface area contributed by atoms with Crippen molar-refractivity contribution in [1.82, 2.24) is 23.8 Å². The molecule has 0 aliphatic carbocycles. The summed E-state index contributed by atoms with van der Waals surface area (Å²) in [5, 5.41) is 11.2. The van der Waals surface area contributed by atoms with Gasteiger partial charge in [-0.15, -0.1) is 0 Å². The molecule has 1 fully saturated rings. The SMILES string of the molecule is CCCS(=O)(=O)N1CC(CC#N)(n2cc(-c3ncnc4[nH]ccc34)c3ccc(F)cc32)C1. The quantitative estimate of drug-likeness (QED) is 0.483. The molecule has 0 atom stereocenters. The minimum atomic E-state index is -3.39. The van der Waals surface area contributed by atoms with E-state index in [0.717, 1.165) is 16.3 Å². The topological polar surface area (TPSA) is 108 Å². The van der Waals surface area contributed by atoms with Crippen molar-refractivity contribution in [3.63, 3.8) is 0 Å². The highest BCUT2D eigenvalue weighted by Gasteiger charge is 2.49. The molecule has 1 aromatic carbocycles. The predicted octanol–water partition coefficient (Wildman–Crippen LogP) is 3.38. The van der Waals surface area contributed by atoms with Gasteiger partial charge in [0.05, 0.1) is 35.0 Å². The number of nitrogens with zero attached hydrogens (tertiary/aromatic N) is 5. The van der Waals surface area contributed by atoms with Crippen LogP contribution in [0.5, 0.6) is 0 Å². The van der Waals surface area contributed by atoms with E-state index in [0.29, 0.717) is 23.3 Å². The van der Waals surface area contributed by atoms with E-state index in [1.807, 2.05) is 23.8 Å². The third kappa shape index (κ3) is 3.08. The highest BCUT2D eigenvalue weighted by atomic mass is 32.2. The average molecular weight is 453 g/mol. The summed E-state index contributed by atoms with van der Waals surface area (Å²) in [6.07, 6.45) is 5.73. The summed E-state index contributed by atoms with van der Waals surface area (Å²) in [4.78, 5) is 11.8. The summed E-state index contributed by atoms with van der Waals surface area (Å²) < 4.78 is 42.7. The number of hydrogen-bond acceptors (Lipinski definition) is 5. The van der Waals surface area contributed by atoms with E-state index >= 15 is 0 Å². The van der Waals surface area contributed by atoms with Crippen LogP contribution < -0.4 is 0 Å². The molecule has 3 aromatic heterocycles. The maximum Gasteiger partial charge on any atom is 0.214 e. The van der Waals surface area contributed by atoms with Crippen molar-refractivity contribution >= 4 is 32.0 Å². The third-order valence-electron chi connectivity index (χ3n) is 6.09. The van der Waals surface area contributed by atoms with Crippen molar-refractivity contribution < 1.29 is 12.8 Å². The van der Waals surface area contributed by atoms with Crippen LogP contribution in [0, 0.1) is 17.1 Å². The molecule has 1 N–H and O–H groups in total. The van der Waals surface area contributed by atoms with Gasteiger partial charge in [0.1, 0.15) is 17.8 Å². The number of H-pyrrole nitrogens is 1. The van der Waals surface area contributed by atoms with Gasteiger partial charge in [0.2, 0.25) is 10.0 Å². The van der Waals surface area contributed by atoms with Crippen molar-refractivity contribution in [2.45, 2.75) is 25.3 Å². The lowest BCUT2D eigenvalue weighted by molar-refractivity contribution is 0.0891. The van der Waals surface area contributed by atoms with E-state index in [9.17, 15) is 18.1 Å². The Balaban J connectivity index is 1.69. The number of rotatable bonds is 6. The van der Waals surface area contributed by atoms with Crippen LogP contribution in [0.25, 0.3) is 33.2 Å². The van der Waals surface area contributed by atoms with Gasteiger partial charge in [0, 0.05) is 41.8 Å².